The van der Waals surface area contributed by atoms with Crippen molar-refractivity contribution in [2.75, 3.05) is 20.2 Å². The van der Waals surface area contributed by atoms with E-state index in [0.717, 1.165) is 0 Å². The van der Waals surface area contributed by atoms with Gasteiger partial charge in [-0.2, -0.15) is 4.31 Å². The number of benzene rings is 1. The molecule has 0 unspecified atom stereocenters. The third-order valence-electron chi connectivity index (χ3n) is 2.32. The number of hydrogen-bond acceptors (Lipinski definition) is 5. The number of sulfonamides is 1. The standard InChI is InChI=1S/C11H14N2O6S/c1-19-8-3-2-4-9(5-8)20(17,18)13(6-10(12)14)7-11(15)16/h2-5H,6-7H2,1H3,(H2,12,14)(H,15,16). The minimum absolute atomic E-state index is 0.181. The largest absolute Gasteiger partial charge is 0.497 e. The van der Waals surface area contributed by atoms with E-state index in [2.05, 4.69) is 0 Å². The van der Waals surface area contributed by atoms with Crippen LogP contribution in [0.2, 0.25) is 0 Å². The average Bonchev–Trinajstić information content (AvgIpc) is 2.37. The van der Waals surface area contributed by atoms with Gasteiger partial charge in [-0.3, -0.25) is 9.59 Å². The molecule has 9 heteroatoms. The molecule has 0 atom stereocenters. The fraction of sp³-hybridized carbons (Fsp3) is 0.273. The number of aliphatic carboxylic acids is 1. The third kappa shape index (κ3) is 3.93. The zero-order valence-corrected chi connectivity index (χ0v) is 11.5. The molecular weight excluding hydrogens is 288 g/mol. The molecule has 0 aliphatic rings. The number of nitrogens with two attached hydrogens (primary N) is 1. The number of rotatable bonds is 7. The molecule has 1 aromatic rings. The number of ether oxygens (including phenoxy) is 1. The summed E-state index contributed by atoms with van der Waals surface area (Å²) in [6.07, 6.45) is 0. The Morgan fingerprint density at radius 3 is 2.50 bits per heavy atom. The second kappa shape index (κ2) is 6.35. The Hall–Kier alpha value is -2.13. The summed E-state index contributed by atoms with van der Waals surface area (Å²) in [5.41, 5.74) is 4.94. The van der Waals surface area contributed by atoms with Gasteiger partial charge in [-0.15, -0.1) is 0 Å². The van der Waals surface area contributed by atoms with Crippen molar-refractivity contribution < 1.29 is 27.9 Å². The fourth-order valence-corrected chi connectivity index (χ4v) is 2.85. The highest BCUT2D eigenvalue weighted by Gasteiger charge is 2.28. The van der Waals surface area contributed by atoms with Gasteiger partial charge in [0.05, 0.1) is 18.6 Å². The van der Waals surface area contributed by atoms with E-state index in [1.165, 1.54) is 31.4 Å². The first-order valence-corrected chi connectivity index (χ1v) is 6.85. The normalized spacial score (nSPS) is 11.3. The molecule has 20 heavy (non-hydrogen) atoms. The number of amides is 1. The Morgan fingerprint density at radius 2 is 2.00 bits per heavy atom. The van der Waals surface area contributed by atoms with Gasteiger partial charge in [-0.25, -0.2) is 8.42 Å². The molecule has 0 aliphatic heterocycles. The van der Waals surface area contributed by atoms with E-state index in [-0.39, 0.29) is 4.90 Å². The van der Waals surface area contributed by atoms with Crippen molar-refractivity contribution >= 4 is 21.9 Å². The summed E-state index contributed by atoms with van der Waals surface area (Å²) in [6.45, 7) is -1.58. The summed E-state index contributed by atoms with van der Waals surface area (Å²) in [6, 6.07) is 5.47. The van der Waals surface area contributed by atoms with Gasteiger partial charge in [0, 0.05) is 6.07 Å². The molecular formula is C11H14N2O6S. The minimum atomic E-state index is -4.15. The lowest BCUT2D eigenvalue weighted by molar-refractivity contribution is -0.137. The highest BCUT2D eigenvalue weighted by molar-refractivity contribution is 7.89. The second-order valence-electron chi connectivity index (χ2n) is 3.81. The van der Waals surface area contributed by atoms with Gasteiger partial charge >= 0.3 is 5.97 Å². The summed E-state index contributed by atoms with van der Waals surface area (Å²) in [7, 11) is -2.79. The van der Waals surface area contributed by atoms with Gasteiger partial charge in [0.2, 0.25) is 15.9 Å². The van der Waals surface area contributed by atoms with Crippen molar-refractivity contribution in [2.24, 2.45) is 5.73 Å². The molecule has 0 aromatic heterocycles. The molecule has 0 spiro atoms. The molecule has 110 valence electrons. The summed E-state index contributed by atoms with van der Waals surface area (Å²) in [5, 5.41) is 8.72. The van der Waals surface area contributed by atoms with Gasteiger partial charge in [-0.05, 0) is 12.1 Å². The zero-order valence-electron chi connectivity index (χ0n) is 10.6. The molecule has 8 nitrogen and oxygen atoms in total. The van der Waals surface area contributed by atoms with E-state index in [1.54, 1.807) is 0 Å². The van der Waals surface area contributed by atoms with Gasteiger partial charge < -0.3 is 15.6 Å². The number of nitrogens with zero attached hydrogens (tertiary/aromatic N) is 1. The van der Waals surface area contributed by atoms with Crippen LogP contribution < -0.4 is 10.5 Å². The van der Waals surface area contributed by atoms with Crippen LogP contribution >= 0.6 is 0 Å². The van der Waals surface area contributed by atoms with Crippen LogP contribution in [0.3, 0.4) is 0 Å². The maximum absolute atomic E-state index is 12.3. The molecule has 0 heterocycles. The van der Waals surface area contributed by atoms with Crippen LogP contribution in [0.4, 0.5) is 0 Å². The highest BCUT2D eigenvalue weighted by Crippen LogP contribution is 2.20. The van der Waals surface area contributed by atoms with E-state index in [0.29, 0.717) is 10.1 Å². The monoisotopic (exact) mass is 302 g/mol. The number of carboxylic acid groups (broad SMARTS) is 1. The van der Waals surface area contributed by atoms with E-state index in [4.69, 9.17) is 15.6 Å². The summed E-state index contributed by atoms with van der Waals surface area (Å²) < 4.78 is 29.9. The topological polar surface area (TPSA) is 127 Å². The molecule has 0 bridgehead atoms. The zero-order chi connectivity index (χ0) is 15.3. The molecule has 0 saturated carbocycles. The first kappa shape index (κ1) is 15.9. The average molecular weight is 302 g/mol. The summed E-state index contributed by atoms with van der Waals surface area (Å²) in [5.74, 6) is -2.05. The maximum Gasteiger partial charge on any atom is 0.318 e. The van der Waals surface area contributed by atoms with Crippen LogP contribution in [0.25, 0.3) is 0 Å². The van der Waals surface area contributed by atoms with Crippen LogP contribution in [0.15, 0.2) is 29.2 Å². The van der Waals surface area contributed by atoms with Gasteiger partial charge in [-0.1, -0.05) is 6.07 Å². The Bertz CT molecular complexity index is 597. The summed E-state index contributed by atoms with van der Waals surface area (Å²) in [4.78, 5) is 21.4. The Labute approximate surface area is 115 Å². The number of carboxylic acids is 1. The minimum Gasteiger partial charge on any atom is -0.497 e. The predicted molar refractivity (Wildman–Crippen MR) is 68.6 cm³/mol. The lowest BCUT2D eigenvalue weighted by Gasteiger charge is -2.19. The van der Waals surface area contributed by atoms with Crippen molar-refractivity contribution in [3.63, 3.8) is 0 Å². The molecule has 0 saturated heterocycles. The fourth-order valence-electron chi connectivity index (χ4n) is 1.46. The van der Waals surface area contributed by atoms with Crippen molar-refractivity contribution in [3.05, 3.63) is 24.3 Å². The number of carbonyl (C=O) groups is 2. The van der Waals surface area contributed by atoms with E-state index in [9.17, 15) is 18.0 Å². The third-order valence-corrected chi connectivity index (χ3v) is 4.11. The van der Waals surface area contributed by atoms with Crippen molar-refractivity contribution in [1.82, 2.24) is 4.31 Å². The lowest BCUT2D eigenvalue weighted by atomic mass is 10.3. The molecule has 0 aliphatic carbocycles. The van der Waals surface area contributed by atoms with E-state index in [1.807, 2.05) is 0 Å². The number of primary amides is 1. The molecule has 0 radical (unpaired) electrons. The van der Waals surface area contributed by atoms with Crippen LogP contribution in [0.5, 0.6) is 5.75 Å². The van der Waals surface area contributed by atoms with Crippen LogP contribution in [-0.2, 0) is 19.6 Å². The number of hydrogen-bond donors (Lipinski definition) is 2. The summed E-state index contributed by atoms with van der Waals surface area (Å²) >= 11 is 0. The SMILES string of the molecule is COc1cccc(S(=O)(=O)N(CC(N)=O)CC(=O)O)c1. The van der Waals surface area contributed by atoms with Crippen molar-refractivity contribution in [3.8, 4) is 5.75 Å². The Kier molecular flexibility index (Phi) is 5.06. The first-order chi connectivity index (χ1) is 9.27. The van der Waals surface area contributed by atoms with E-state index >= 15 is 0 Å². The quantitative estimate of drug-likeness (QED) is 0.682. The molecule has 3 N–H and O–H groups in total. The van der Waals surface area contributed by atoms with E-state index < -0.39 is 35.0 Å². The lowest BCUT2D eigenvalue weighted by Crippen LogP contribution is -2.41. The smallest absolute Gasteiger partial charge is 0.318 e. The van der Waals surface area contributed by atoms with Crippen LogP contribution in [0, 0.1) is 0 Å². The Morgan fingerprint density at radius 1 is 1.35 bits per heavy atom. The van der Waals surface area contributed by atoms with Crippen molar-refractivity contribution in [2.45, 2.75) is 4.90 Å². The maximum atomic E-state index is 12.3. The Balaban J connectivity index is 3.20. The second-order valence-corrected chi connectivity index (χ2v) is 5.75. The predicted octanol–water partition coefficient (Wildman–Crippen LogP) is -0.744. The first-order valence-electron chi connectivity index (χ1n) is 5.41. The molecule has 1 amide bonds. The van der Waals surface area contributed by atoms with Crippen LogP contribution in [-0.4, -0.2) is 49.9 Å². The number of methoxy groups -OCH3 is 1. The highest BCUT2D eigenvalue weighted by atomic mass is 32.2. The van der Waals surface area contributed by atoms with Gasteiger partial charge in [0.1, 0.15) is 12.3 Å². The molecule has 1 rings (SSSR count). The van der Waals surface area contributed by atoms with Crippen LogP contribution in [0.1, 0.15) is 0 Å². The van der Waals surface area contributed by atoms with Crippen molar-refractivity contribution in [1.29, 1.82) is 0 Å². The molecule has 0 fully saturated rings. The van der Waals surface area contributed by atoms with Gasteiger partial charge in [0.15, 0.2) is 0 Å². The number of carbonyl (C=O) groups excluding carboxylic acids is 1. The van der Waals surface area contributed by atoms with Gasteiger partial charge in [0.25, 0.3) is 0 Å². The molecule has 1 aromatic carbocycles.